The Morgan fingerprint density at radius 3 is 1.96 bits per heavy atom. The number of hydrogen-bond donors (Lipinski definition) is 0. The van der Waals surface area contributed by atoms with E-state index in [9.17, 15) is 14.4 Å². The first-order chi connectivity index (χ1) is 12.5. The van der Waals surface area contributed by atoms with E-state index in [2.05, 4.69) is 4.74 Å². The Bertz CT molecular complexity index is 786. The van der Waals surface area contributed by atoms with Crippen molar-refractivity contribution in [2.24, 2.45) is 0 Å². The van der Waals surface area contributed by atoms with Gasteiger partial charge in [-0.2, -0.15) is 0 Å². The number of hydrogen-bond acceptors (Lipinski definition) is 5. The van der Waals surface area contributed by atoms with Crippen molar-refractivity contribution in [2.75, 3.05) is 18.6 Å². The number of para-hydroxylation sites is 1. The minimum atomic E-state index is -0.754. The quantitative estimate of drug-likeness (QED) is 0.745. The van der Waals surface area contributed by atoms with Crippen LogP contribution in [0.2, 0.25) is 0 Å². The highest BCUT2D eigenvalue weighted by Gasteiger charge is 2.23. The third-order valence-electron chi connectivity index (χ3n) is 3.70. The maximum absolute atomic E-state index is 12.6. The van der Waals surface area contributed by atoms with Gasteiger partial charge in [0.1, 0.15) is 0 Å². The molecule has 6 nitrogen and oxygen atoms in total. The molecule has 0 saturated carbocycles. The molecule has 2 aromatic rings. The fourth-order valence-electron chi connectivity index (χ4n) is 2.54. The van der Waals surface area contributed by atoms with Gasteiger partial charge in [-0.25, -0.2) is 9.59 Å². The lowest BCUT2D eigenvalue weighted by Crippen LogP contribution is -2.40. The number of anilines is 1. The smallest absolute Gasteiger partial charge is 0.339 e. The van der Waals surface area contributed by atoms with Crippen LogP contribution in [0.25, 0.3) is 0 Å². The molecule has 0 spiro atoms. The van der Waals surface area contributed by atoms with Gasteiger partial charge < -0.3 is 14.4 Å². The Kier molecular flexibility index (Phi) is 6.49. The second kappa shape index (κ2) is 8.80. The number of ether oxygens (including phenoxy) is 2. The summed E-state index contributed by atoms with van der Waals surface area (Å²) >= 11 is 0. The van der Waals surface area contributed by atoms with Crippen molar-refractivity contribution >= 4 is 23.5 Å². The second-order valence-electron chi connectivity index (χ2n) is 5.81. The first-order valence-corrected chi connectivity index (χ1v) is 8.17. The number of carbonyl (C=O) groups excluding carboxylic acids is 3. The number of rotatable bonds is 6. The van der Waals surface area contributed by atoms with Gasteiger partial charge >= 0.3 is 11.9 Å². The standard InChI is InChI=1S/C20H21NO5/c1-14(2)21(15-9-5-4-6-10-15)18(22)13-26-20(24)17-12-8-7-11-16(17)19(23)25-3/h4-12,14H,13H2,1-3H3. The van der Waals surface area contributed by atoms with Crippen LogP contribution in [0, 0.1) is 0 Å². The number of nitrogens with zero attached hydrogens (tertiary/aromatic N) is 1. The fraction of sp³-hybridized carbons (Fsp3) is 0.250. The monoisotopic (exact) mass is 355 g/mol. The van der Waals surface area contributed by atoms with Gasteiger partial charge in [0.15, 0.2) is 6.61 Å². The molecule has 0 N–H and O–H groups in total. The average Bonchev–Trinajstić information content (AvgIpc) is 2.66. The molecular weight excluding hydrogens is 334 g/mol. The molecule has 0 aliphatic rings. The molecule has 136 valence electrons. The third-order valence-corrected chi connectivity index (χ3v) is 3.70. The molecule has 6 heteroatoms. The Labute approximate surface area is 152 Å². The maximum atomic E-state index is 12.6. The van der Waals surface area contributed by atoms with E-state index in [1.165, 1.54) is 19.2 Å². The number of esters is 2. The molecule has 0 heterocycles. The zero-order valence-electron chi connectivity index (χ0n) is 15.0. The third kappa shape index (κ3) is 4.47. The largest absolute Gasteiger partial charge is 0.465 e. The molecule has 2 rings (SSSR count). The number of methoxy groups -OCH3 is 1. The van der Waals surface area contributed by atoms with Crippen molar-refractivity contribution in [1.29, 1.82) is 0 Å². The minimum Gasteiger partial charge on any atom is -0.465 e. The first kappa shape index (κ1) is 19.2. The molecule has 0 fully saturated rings. The van der Waals surface area contributed by atoms with E-state index in [1.54, 1.807) is 17.0 Å². The van der Waals surface area contributed by atoms with Crippen LogP contribution in [0.3, 0.4) is 0 Å². The zero-order chi connectivity index (χ0) is 19.1. The molecule has 0 aliphatic carbocycles. The van der Waals surface area contributed by atoms with Gasteiger partial charge in [-0.05, 0) is 38.1 Å². The predicted octanol–water partition coefficient (Wildman–Crippen LogP) is 3.07. The van der Waals surface area contributed by atoms with Crippen molar-refractivity contribution in [2.45, 2.75) is 19.9 Å². The summed E-state index contributed by atoms with van der Waals surface area (Å²) in [6.45, 7) is 3.32. The predicted molar refractivity (Wildman–Crippen MR) is 97.1 cm³/mol. The number of amides is 1. The summed E-state index contributed by atoms with van der Waals surface area (Å²) in [6.07, 6.45) is 0. The van der Waals surface area contributed by atoms with Crippen LogP contribution in [0.4, 0.5) is 5.69 Å². The van der Waals surface area contributed by atoms with Crippen LogP contribution in [0.5, 0.6) is 0 Å². The minimum absolute atomic E-state index is 0.0583. The molecule has 0 saturated heterocycles. The molecule has 0 bridgehead atoms. The van der Waals surface area contributed by atoms with Crippen LogP contribution in [-0.4, -0.2) is 37.6 Å². The van der Waals surface area contributed by atoms with E-state index >= 15 is 0 Å². The fourth-order valence-corrected chi connectivity index (χ4v) is 2.54. The van der Waals surface area contributed by atoms with Crippen LogP contribution in [0.15, 0.2) is 54.6 Å². The Morgan fingerprint density at radius 2 is 1.42 bits per heavy atom. The van der Waals surface area contributed by atoms with Crippen molar-refractivity contribution < 1.29 is 23.9 Å². The van der Waals surface area contributed by atoms with Gasteiger partial charge in [-0.3, -0.25) is 4.79 Å². The van der Waals surface area contributed by atoms with E-state index in [4.69, 9.17) is 4.74 Å². The molecule has 1 amide bonds. The van der Waals surface area contributed by atoms with Crippen molar-refractivity contribution in [3.63, 3.8) is 0 Å². The second-order valence-corrected chi connectivity index (χ2v) is 5.81. The lowest BCUT2D eigenvalue weighted by molar-refractivity contribution is -0.122. The number of benzene rings is 2. The molecule has 2 aromatic carbocycles. The Balaban J connectivity index is 2.11. The highest BCUT2D eigenvalue weighted by atomic mass is 16.5. The van der Waals surface area contributed by atoms with Gasteiger partial charge in [0.25, 0.3) is 5.91 Å². The molecule has 0 aliphatic heterocycles. The summed E-state index contributed by atoms with van der Waals surface area (Å²) in [6, 6.07) is 15.2. The molecule has 0 radical (unpaired) electrons. The molecule has 26 heavy (non-hydrogen) atoms. The molecule has 0 aromatic heterocycles. The highest BCUT2D eigenvalue weighted by Crippen LogP contribution is 2.17. The van der Waals surface area contributed by atoms with Crippen molar-refractivity contribution in [3.05, 3.63) is 65.7 Å². The lowest BCUT2D eigenvalue weighted by Gasteiger charge is -2.26. The van der Waals surface area contributed by atoms with Gasteiger partial charge in [0, 0.05) is 11.7 Å². The van der Waals surface area contributed by atoms with Gasteiger partial charge in [0.05, 0.1) is 18.2 Å². The highest BCUT2D eigenvalue weighted by molar-refractivity contribution is 6.04. The van der Waals surface area contributed by atoms with E-state index in [-0.39, 0.29) is 23.1 Å². The van der Waals surface area contributed by atoms with Crippen molar-refractivity contribution in [1.82, 2.24) is 0 Å². The van der Waals surface area contributed by atoms with Gasteiger partial charge in [0.2, 0.25) is 0 Å². The summed E-state index contributed by atoms with van der Waals surface area (Å²) in [5.74, 6) is -1.75. The topological polar surface area (TPSA) is 72.9 Å². The molecular formula is C20H21NO5. The Morgan fingerprint density at radius 1 is 0.885 bits per heavy atom. The average molecular weight is 355 g/mol. The zero-order valence-corrected chi connectivity index (χ0v) is 15.0. The van der Waals surface area contributed by atoms with E-state index < -0.39 is 18.5 Å². The SMILES string of the molecule is COC(=O)c1ccccc1C(=O)OCC(=O)N(c1ccccc1)C(C)C. The lowest BCUT2D eigenvalue weighted by atomic mass is 10.1. The normalized spacial score (nSPS) is 10.3. The Hall–Kier alpha value is -3.15. The van der Waals surface area contributed by atoms with Crippen LogP contribution >= 0.6 is 0 Å². The summed E-state index contributed by atoms with van der Waals surface area (Å²) in [7, 11) is 1.23. The van der Waals surface area contributed by atoms with Gasteiger partial charge in [-0.15, -0.1) is 0 Å². The summed E-state index contributed by atoms with van der Waals surface area (Å²) < 4.78 is 9.80. The maximum Gasteiger partial charge on any atom is 0.339 e. The summed E-state index contributed by atoms with van der Waals surface area (Å²) in [4.78, 5) is 38.2. The van der Waals surface area contributed by atoms with E-state index in [1.807, 2.05) is 44.2 Å². The first-order valence-electron chi connectivity index (χ1n) is 8.17. The summed E-state index contributed by atoms with van der Waals surface area (Å²) in [5.41, 5.74) is 0.873. The summed E-state index contributed by atoms with van der Waals surface area (Å²) in [5, 5.41) is 0. The van der Waals surface area contributed by atoms with Crippen molar-refractivity contribution in [3.8, 4) is 0 Å². The van der Waals surface area contributed by atoms with Gasteiger partial charge in [-0.1, -0.05) is 30.3 Å². The molecule has 0 unspecified atom stereocenters. The molecule has 0 atom stereocenters. The van der Waals surface area contributed by atoms with Crippen LogP contribution < -0.4 is 4.90 Å². The van der Waals surface area contributed by atoms with Crippen LogP contribution in [0.1, 0.15) is 34.6 Å². The van der Waals surface area contributed by atoms with E-state index in [0.717, 1.165) is 5.69 Å². The van der Waals surface area contributed by atoms with Crippen LogP contribution in [-0.2, 0) is 14.3 Å². The number of carbonyl (C=O) groups is 3. The van der Waals surface area contributed by atoms with E-state index in [0.29, 0.717) is 0 Å².